The number of aryl methyl sites for hydroxylation is 1. The fourth-order valence-corrected chi connectivity index (χ4v) is 2.51. The molecule has 112 valence electrons. The van der Waals surface area contributed by atoms with Crippen LogP contribution in [0.5, 0.6) is 0 Å². The average molecular weight is 297 g/mol. The SMILES string of the molecule is CNC(=O)C1C=CC(c2ncc3c(C)cccc3c2F)=CN1. The highest BCUT2D eigenvalue weighted by atomic mass is 19.1. The zero-order chi connectivity index (χ0) is 15.7. The van der Waals surface area contributed by atoms with Gasteiger partial charge in [-0.2, -0.15) is 0 Å². The first kappa shape index (κ1) is 14.3. The summed E-state index contributed by atoms with van der Waals surface area (Å²) in [5, 5.41) is 6.85. The fourth-order valence-electron chi connectivity index (χ4n) is 2.51. The molecular formula is C17H16FN3O. The summed E-state index contributed by atoms with van der Waals surface area (Å²) in [5.74, 6) is -0.494. The van der Waals surface area contributed by atoms with Crippen molar-refractivity contribution < 1.29 is 9.18 Å². The smallest absolute Gasteiger partial charge is 0.246 e. The Kier molecular flexibility index (Phi) is 3.63. The minimum absolute atomic E-state index is 0.144. The normalized spacial score (nSPS) is 17.0. The highest BCUT2D eigenvalue weighted by Gasteiger charge is 2.18. The van der Waals surface area contributed by atoms with Gasteiger partial charge in [0.2, 0.25) is 5.91 Å². The van der Waals surface area contributed by atoms with Crippen LogP contribution in [0.2, 0.25) is 0 Å². The minimum atomic E-state index is -0.445. The lowest BCUT2D eigenvalue weighted by molar-refractivity contribution is -0.121. The van der Waals surface area contributed by atoms with E-state index >= 15 is 0 Å². The quantitative estimate of drug-likeness (QED) is 0.894. The molecule has 22 heavy (non-hydrogen) atoms. The maximum Gasteiger partial charge on any atom is 0.246 e. The van der Waals surface area contributed by atoms with Gasteiger partial charge in [0, 0.05) is 35.8 Å². The number of amides is 1. The summed E-state index contributed by atoms with van der Waals surface area (Å²) in [4.78, 5) is 15.8. The van der Waals surface area contributed by atoms with Gasteiger partial charge in [0.25, 0.3) is 0 Å². The summed E-state index contributed by atoms with van der Waals surface area (Å²) in [6.07, 6.45) is 6.70. The molecule has 3 rings (SSSR count). The van der Waals surface area contributed by atoms with Gasteiger partial charge in [-0.15, -0.1) is 0 Å². The third-order valence-corrected chi connectivity index (χ3v) is 3.78. The van der Waals surface area contributed by atoms with Gasteiger partial charge in [-0.3, -0.25) is 9.78 Å². The number of rotatable bonds is 2. The van der Waals surface area contributed by atoms with Crippen LogP contribution < -0.4 is 10.6 Å². The standard InChI is InChI=1S/C17H16FN3O/c1-10-4-3-5-12-13(10)9-21-16(15(12)18)11-6-7-14(20-8-11)17(22)19-2/h3-9,14,20H,1-2H3,(H,19,22). The monoisotopic (exact) mass is 297 g/mol. The second kappa shape index (κ2) is 5.60. The summed E-state index contributed by atoms with van der Waals surface area (Å²) in [6, 6.07) is 5.06. The predicted octanol–water partition coefficient (Wildman–Crippen LogP) is 2.30. The summed E-state index contributed by atoms with van der Waals surface area (Å²) < 4.78 is 14.7. The van der Waals surface area contributed by atoms with Crippen molar-refractivity contribution >= 4 is 22.3 Å². The highest BCUT2D eigenvalue weighted by Crippen LogP contribution is 2.27. The fraction of sp³-hybridized carbons (Fsp3) is 0.176. The van der Waals surface area contributed by atoms with Gasteiger partial charge in [0.15, 0.2) is 5.82 Å². The zero-order valence-corrected chi connectivity index (χ0v) is 12.4. The number of dihydropyridines is 1. The molecule has 0 spiro atoms. The number of likely N-dealkylation sites (N-methyl/N-ethyl adjacent to an activating group) is 1. The molecule has 0 fully saturated rings. The lowest BCUT2D eigenvalue weighted by atomic mass is 10.0. The summed E-state index contributed by atoms with van der Waals surface area (Å²) in [7, 11) is 1.57. The van der Waals surface area contributed by atoms with E-state index in [1.165, 1.54) is 0 Å². The van der Waals surface area contributed by atoms with Gasteiger partial charge in [-0.05, 0) is 12.5 Å². The largest absolute Gasteiger partial charge is 0.376 e. The summed E-state index contributed by atoms with van der Waals surface area (Å²) in [5.41, 5.74) is 1.87. The number of aromatic nitrogens is 1. The van der Waals surface area contributed by atoms with Gasteiger partial charge in [-0.25, -0.2) is 4.39 Å². The van der Waals surface area contributed by atoms with Crippen LogP contribution >= 0.6 is 0 Å². The van der Waals surface area contributed by atoms with E-state index in [-0.39, 0.29) is 17.4 Å². The van der Waals surface area contributed by atoms with Crippen molar-refractivity contribution in [1.29, 1.82) is 0 Å². The van der Waals surface area contributed by atoms with Crippen LogP contribution in [-0.2, 0) is 4.79 Å². The third kappa shape index (κ3) is 2.35. The Hall–Kier alpha value is -2.69. The van der Waals surface area contributed by atoms with Crippen molar-refractivity contribution in [3.05, 3.63) is 59.8 Å². The molecule has 5 heteroatoms. The number of halogens is 1. The van der Waals surface area contributed by atoms with Crippen LogP contribution in [0.25, 0.3) is 16.3 Å². The Balaban J connectivity index is 1.99. The van der Waals surface area contributed by atoms with E-state index < -0.39 is 6.04 Å². The lowest BCUT2D eigenvalue weighted by Crippen LogP contribution is -2.40. The van der Waals surface area contributed by atoms with E-state index in [0.29, 0.717) is 11.0 Å². The molecule has 0 saturated carbocycles. The second-order valence-corrected chi connectivity index (χ2v) is 5.17. The first-order valence-electron chi connectivity index (χ1n) is 7.02. The van der Waals surface area contributed by atoms with Gasteiger partial charge >= 0.3 is 0 Å². The molecule has 2 heterocycles. The molecular weight excluding hydrogens is 281 g/mol. The number of carbonyl (C=O) groups excluding carboxylic acids is 1. The number of nitrogens with zero attached hydrogens (tertiary/aromatic N) is 1. The van der Waals surface area contributed by atoms with Crippen molar-refractivity contribution in [2.45, 2.75) is 13.0 Å². The molecule has 1 aliphatic heterocycles. The van der Waals surface area contributed by atoms with Gasteiger partial charge < -0.3 is 10.6 Å². The van der Waals surface area contributed by atoms with Crippen LogP contribution in [0.15, 0.2) is 42.7 Å². The Morgan fingerprint density at radius 3 is 2.86 bits per heavy atom. The number of fused-ring (bicyclic) bond motifs is 1. The van der Waals surface area contributed by atoms with E-state index in [1.54, 1.807) is 37.7 Å². The molecule has 1 unspecified atom stereocenters. The first-order valence-corrected chi connectivity index (χ1v) is 7.02. The maximum atomic E-state index is 14.7. The lowest BCUT2D eigenvalue weighted by Gasteiger charge is -2.17. The first-order chi connectivity index (χ1) is 10.6. The van der Waals surface area contributed by atoms with Crippen molar-refractivity contribution in [3.63, 3.8) is 0 Å². The maximum absolute atomic E-state index is 14.7. The van der Waals surface area contributed by atoms with Crippen molar-refractivity contribution in [2.75, 3.05) is 7.05 Å². The zero-order valence-electron chi connectivity index (χ0n) is 12.4. The van der Waals surface area contributed by atoms with Gasteiger partial charge in [0.1, 0.15) is 11.7 Å². The number of pyridine rings is 1. The molecule has 1 atom stereocenters. The van der Waals surface area contributed by atoms with Crippen molar-refractivity contribution in [3.8, 4) is 0 Å². The Bertz CT molecular complexity index is 811. The molecule has 1 amide bonds. The van der Waals surface area contributed by atoms with Crippen LogP contribution in [0, 0.1) is 12.7 Å². The summed E-state index contributed by atoms with van der Waals surface area (Å²) >= 11 is 0. The van der Waals surface area contributed by atoms with Crippen LogP contribution in [0.1, 0.15) is 11.3 Å². The Labute approximate surface area is 127 Å². The summed E-state index contributed by atoms with van der Waals surface area (Å²) in [6.45, 7) is 1.93. The third-order valence-electron chi connectivity index (χ3n) is 3.78. The molecule has 4 nitrogen and oxygen atoms in total. The number of hydrogen-bond acceptors (Lipinski definition) is 3. The highest BCUT2D eigenvalue weighted by molar-refractivity contribution is 5.90. The van der Waals surface area contributed by atoms with Crippen molar-refractivity contribution in [2.24, 2.45) is 0 Å². The number of benzene rings is 1. The molecule has 2 N–H and O–H groups in total. The molecule has 0 saturated heterocycles. The van der Waals surface area contributed by atoms with Crippen LogP contribution in [0.4, 0.5) is 4.39 Å². The van der Waals surface area contributed by atoms with E-state index in [4.69, 9.17) is 0 Å². The molecule has 1 aromatic heterocycles. The second-order valence-electron chi connectivity index (χ2n) is 5.17. The molecule has 0 aliphatic carbocycles. The average Bonchev–Trinajstić information content (AvgIpc) is 2.55. The van der Waals surface area contributed by atoms with Crippen molar-refractivity contribution in [1.82, 2.24) is 15.6 Å². The van der Waals surface area contributed by atoms with Gasteiger partial charge in [-0.1, -0.05) is 30.4 Å². The van der Waals surface area contributed by atoms with E-state index in [2.05, 4.69) is 15.6 Å². The Morgan fingerprint density at radius 1 is 1.36 bits per heavy atom. The molecule has 2 aromatic rings. The molecule has 0 radical (unpaired) electrons. The van der Waals surface area contributed by atoms with E-state index in [1.807, 2.05) is 19.1 Å². The molecule has 1 aromatic carbocycles. The number of carbonyl (C=O) groups is 1. The topological polar surface area (TPSA) is 54.0 Å². The minimum Gasteiger partial charge on any atom is -0.376 e. The van der Waals surface area contributed by atoms with E-state index in [9.17, 15) is 9.18 Å². The number of allylic oxidation sites excluding steroid dienone is 2. The number of nitrogens with one attached hydrogen (secondary N) is 2. The van der Waals surface area contributed by atoms with Crippen LogP contribution in [0.3, 0.4) is 0 Å². The molecule has 0 bridgehead atoms. The van der Waals surface area contributed by atoms with Crippen LogP contribution in [-0.4, -0.2) is 24.0 Å². The predicted molar refractivity (Wildman–Crippen MR) is 84.5 cm³/mol. The number of hydrogen-bond donors (Lipinski definition) is 2. The molecule has 1 aliphatic rings. The van der Waals surface area contributed by atoms with Gasteiger partial charge in [0.05, 0.1) is 0 Å². The Morgan fingerprint density at radius 2 is 2.18 bits per heavy atom. The van der Waals surface area contributed by atoms with E-state index in [0.717, 1.165) is 10.9 Å².